The van der Waals surface area contributed by atoms with Gasteiger partial charge < -0.3 is 18.7 Å². The highest BCUT2D eigenvalue weighted by molar-refractivity contribution is 5.92. The summed E-state index contributed by atoms with van der Waals surface area (Å²) in [7, 11) is 0. The Morgan fingerprint density at radius 1 is 1.27 bits per heavy atom. The monoisotopic (exact) mass is 348 g/mol. The van der Waals surface area contributed by atoms with E-state index in [1.54, 1.807) is 18.2 Å². The van der Waals surface area contributed by atoms with Gasteiger partial charge in [-0.2, -0.15) is 0 Å². The molecule has 0 aliphatic carbocycles. The minimum atomic E-state index is -0.407. The van der Waals surface area contributed by atoms with E-state index in [-0.39, 0.29) is 11.7 Å². The number of aromatic amines is 1. The third kappa shape index (κ3) is 2.24. The highest BCUT2D eigenvalue weighted by Gasteiger charge is 2.37. The van der Waals surface area contributed by atoms with Gasteiger partial charge in [0, 0.05) is 31.0 Å². The van der Waals surface area contributed by atoms with Crippen molar-refractivity contribution in [1.82, 2.24) is 19.9 Å². The molecule has 1 aliphatic rings. The number of fused-ring (bicyclic) bond motifs is 2. The van der Waals surface area contributed by atoms with Gasteiger partial charge in [0.2, 0.25) is 5.76 Å². The van der Waals surface area contributed by atoms with E-state index in [0.717, 1.165) is 22.4 Å². The topological polar surface area (TPSA) is 88.2 Å². The number of aromatic nitrogens is 3. The van der Waals surface area contributed by atoms with Gasteiger partial charge in [-0.3, -0.25) is 4.79 Å². The van der Waals surface area contributed by atoms with Crippen molar-refractivity contribution in [3.8, 4) is 0 Å². The Morgan fingerprint density at radius 3 is 2.96 bits per heavy atom. The molecule has 7 nitrogen and oxygen atoms in total. The average molecular weight is 348 g/mol. The molecule has 130 valence electrons. The molecule has 0 spiro atoms. The average Bonchev–Trinajstić information content (AvgIpc) is 3.38. The van der Waals surface area contributed by atoms with Crippen molar-refractivity contribution in [1.29, 1.82) is 0 Å². The molecule has 0 unspecified atom stereocenters. The van der Waals surface area contributed by atoms with E-state index in [1.807, 2.05) is 30.3 Å². The number of carbonyl (C=O) groups is 1. The number of nitrogens with zero attached hydrogens (tertiary/aromatic N) is 3. The summed E-state index contributed by atoms with van der Waals surface area (Å²) in [6, 6.07) is 9.35. The summed E-state index contributed by atoms with van der Waals surface area (Å²) in [5, 5.41) is 0.994. The molecule has 1 aromatic carbocycles. The number of rotatable bonds is 2. The van der Waals surface area contributed by atoms with E-state index in [4.69, 9.17) is 8.83 Å². The molecule has 0 bridgehead atoms. The summed E-state index contributed by atoms with van der Waals surface area (Å²) in [5.41, 5.74) is 2.61. The zero-order valence-corrected chi connectivity index (χ0v) is 14.1. The number of furan rings is 1. The first-order chi connectivity index (χ1) is 12.7. The Kier molecular flexibility index (Phi) is 3.21. The lowest BCUT2D eigenvalue weighted by molar-refractivity contribution is 0.0639. The number of aryl methyl sites for hydroxylation is 1. The minimum Gasteiger partial charge on any atom is -0.458 e. The standard InChI is InChI=1S/C19H16N4O3/c1-11-20-9-16(25-11)19(24)23-7-6-13-17(22-10-21-13)18(23)15-8-12-4-2-3-5-14(12)26-15/h2-5,8-10,18H,6-7H2,1H3,(H,21,22)/t18-/m1/s1. The molecule has 4 heterocycles. The first kappa shape index (κ1) is 14.9. The van der Waals surface area contributed by atoms with Gasteiger partial charge in [0.25, 0.3) is 5.91 Å². The second-order valence-corrected chi connectivity index (χ2v) is 6.35. The zero-order valence-electron chi connectivity index (χ0n) is 14.1. The van der Waals surface area contributed by atoms with Crippen LogP contribution in [0.2, 0.25) is 0 Å². The van der Waals surface area contributed by atoms with Crippen LogP contribution in [0, 0.1) is 6.92 Å². The molecule has 0 radical (unpaired) electrons. The normalized spacial score (nSPS) is 16.8. The number of hydrogen-bond donors (Lipinski definition) is 1. The van der Waals surface area contributed by atoms with Crippen LogP contribution < -0.4 is 0 Å². The van der Waals surface area contributed by atoms with Crippen LogP contribution >= 0.6 is 0 Å². The van der Waals surface area contributed by atoms with E-state index in [2.05, 4.69) is 15.0 Å². The van der Waals surface area contributed by atoms with Gasteiger partial charge in [0.05, 0.1) is 18.2 Å². The Bertz CT molecular complexity index is 1070. The van der Waals surface area contributed by atoms with E-state index in [0.29, 0.717) is 24.6 Å². The maximum Gasteiger partial charge on any atom is 0.292 e. The minimum absolute atomic E-state index is 0.218. The van der Waals surface area contributed by atoms with Crippen LogP contribution in [-0.2, 0) is 6.42 Å². The zero-order chi connectivity index (χ0) is 17.7. The van der Waals surface area contributed by atoms with Gasteiger partial charge in [-0.05, 0) is 12.1 Å². The molecule has 1 amide bonds. The van der Waals surface area contributed by atoms with Gasteiger partial charge in [-0.25, -0.2) is 9.97 Å². The maximum absolute atomic E-state index is 13.1. The number of oxazole rings is 1. The van der Waals surface area contributed by atoms with Gasteiger partial charge in [0.1, 0.15) is 17.4 Å². The molecule has 1 atom stereocenters. The quantitative estimate of drug-likeness (QED) is 0.601. The molecular formula is C19H16N4O3. The maximum atomic E-state index is 13.1. The van der Waals surface area contributed by atoms with Crippen LogP contribution in [0.15, 0.2) is 51.7 Å². The van der Waals surface area contributed by atoms with Crippen molar-refractivity contribution in [2.24, 2.45) is 0 Å². The number of hydrogen-bond acceptors (Lipinski definition) is 5. The van der Waals surface area contributed by atoms with Gasteiger partial charge in [-0.1, -0.05) is 18.2 Å². The predicted octanol–water partition coefficient (Wildman–Crippen LogP) is 3.24. The smallest absolute Gasteiger partial charge is 0.292 e. The molecule has 0 saturated carbocycles. The Morgan fingerprint density at radius 2 is 2.15 bits per heavy atom. The predicted molar refractivity (Wildman–Crippen MR) is 92.6 cm³/mol. The third-order valence-electron chi connectivity index (χ3n) is 4.73. The van der Waals surface area contributed by atoms with E-state index >= 15 is 0 Å². The van der Waals surface area contributed by atoms with Gasteiger partial charge in [-0.15, -0.1) is 0 Å². The number of carbonyl (C=O) groups excluding carboxylic acids is 1. The summed E-state index contributed by atoms with van der Waals surface area (Å²) in [4.78, 5) is 26.5. The largest absolute Gasteiger partial charge is 0.458 e. The van der Waals surface area contributed by atoms with Crippen molar-refractivity contribution in [2.45, 2.75) is 19.4 Å². The SMILES string of the molecule is Cc1ncc(C(=O)N2CCc3[nH]cnc3[C@H]2c2cc3ccccc3o2)o1. The Hall–Kier alpha value is -3.35. The lowest BCUT2D eigenvalue weighted by atomic mass is 10.00. The van der Waals surface area contributed by atoms with Crippen molar-refractivity contribution in [3.63, 3.8) is 0 Å². The molecule has 1 aliphatic heterocycles. The van der Waals surface area contributed by atoms with Gasteiger partial charge in [0.15, 0.2) is 5.89 Å². The summed E-state index contributed by atoms with van der Waals surface area (Å²) in [5.74, 6) is 1.15. The fourth-order valence-electron chi connectivity index (χ4n) is 3.52. The van der Waals surface area contributed by atoms with Gasteiger partial charge >= 0.3 is 0 Å². The highest BCUT2D eigenvalue weighted by Crippen LogP contribution is 2.37. The molecule has 26 heavy (non-hydrogen) atoms. The molecular weight excluding hydrogens is 332 g/mol. The molecule has 3 aromatic heterocycles. The fourth-order valence-corrected chi connectivity index (χ4v) is 3.52. The van der Waals surface area contributed by atoms with E-state index in [9.17, 15) is 4.79 Å². The highest BCUT2D eigenvalue weighted by atomic mass is 16.4. The van der Waals surface area contributed by atoms with Crippen LogP contribution in [0.5, 0.6) is 0 Å². The lowest BCUT2D eigenvalue weighted by Crippen LogP contribution is -2.40. The summed E-state index contributed by atoms with van der Waals surface area (Å²) in [6.45, 7) is 2.25. The van der Waals surface area contributed by atoms with E-state index < -0.39 is 6.04 Å². The first-order valence-corrected chi connectivity index (χ1v) is 8.45. The molecule has 0 fully saturated rings. The molecule has 0 saturated heterocycles. The lowest BCUT2D eigenvalue weighted by Gasteiger charge is -2.33. The molecule has 7 heteroatoms. The van der Waals surface area contributed by atoms with Crippen molar-refractivity contribution in [3.05, 3.63) is 71.7 Å². The Balaban J connectivity index is 1.63. The second-order valence-electron chi connectivity index (χ2n) is 6.35. The van der Waals surface area contributed by atoms with Crippen LogP contribution in [-0.4, -0.2) is 32.3 Å². The summed E-state index contributed by atoms with van der Waals surface area (Å²) < 4.78 is 11.5. The van der Waals surface area contributed by atoms with Crippen LogP contribution in [0.3, 0.4) is 0 Å². The fraction of sp³-hybridized carbons (Fsp3) is 0.211. The first-order valence-electron chi connectivity index (χ1n) is 8.45. The number of imidazole rings is 1. The number of benzene rings is 1. The summed E-state index contributed by atoms with van der Waals surface area (Å²) >= 11 is 0. The van der Waals surface area contributed by atoms with Crippen LogP contribution in [0.25, 0.3) is 11.0 Å². The molecule has 1 N–H and O–H groups in total. The molecule has 4 aromatic rings. The third-order valence-corrected chi connectivity index (χ3v) is 4.73. The van der Waals surface area contributed by atoms with Crippen molar-refractivity contribution in [2.75, 3.05) is 6.54 Å². The van der Waals surface area contributed by atoms with E-state index in [1.165, 1.54) is 6.20 Å². The number of nitrogens with one attached hydrogen (secondary N) is 1. The number of para-hydroxylation sites is 1. The second kappa shape index (κ2) is 5.59. The Labute approximate surface area is 148 Å². The molecule has 5 rings (SSSR count). The van der Waals surface area contributed by atoms with Crippen molar-refractivity contribution >= 4 is 16.9 Å². The van der Waals surface area contributed by atoms with Crippen LogP contribution in [0.4, 0.5) is 0 Å². The number of amides is 1. The summed E-state index contributed by atoms with van der Waals surface area (Å²) in [6.07, 6.45) is 3.82. The number of H-pyrrole nitrogens is 1. The van der Waals surface area contributed by atoms with Crippen molar-refractivity contribution < 1.29 is 13.6 Å². The van der Waals surface area contributed by atoms with Crippen LogP contribution in [0.1, 0.15) is 39.6 Å².